The van der Waals surface area contributed by atoms with Crippen LogP contribution < -0.4 is 0 Å². The van der Waals surface area contributed by atoms with Crippen LogP contribution in [0, 0.1) is 0 Å². The van der Waals surface area contributed by atoms with Crippen LogP contribution in [-0.4, -0.2) is 32.2 Å². The first-order valence-electron chi connectivity index (χ1n) is 4.23. The van der Waals surface area contributed by atoms with Crippen LogP contribution in [0.5, 0.6) is 0 Å². The second-order valence-corrected chi connectivity index (χ2v) is 2.48. The van der Waals surface area contributed by atoms with Gasteiger partial charge in [-0.05, 0) is 13.8 Å². The minimum atomic E-state index is -0.125. The summed E-state index contributed by atoms with van der Waals surface area (Å²) in [6.07, 6.45) is 0.985. The van der Waals surface area contributed by atoms with Gasteiger partial charge >= 0.3 is 0 Å². The average molecular weight is 160 g/mol. The maximum Gasteiger partial charge on any atom is 0.183 e. The minimum Gasteiger partial charge on any atom is -0.373 e. The lowest BCUT2D eigenvalue weighted by Gasteiger charge is -2.17. The number of rotatable bonds is 4. The summed E-state index contributed by atoms with van der Waals surface area (Å²) in [6, 6.07) is 0. The molecule has 0 N–H and O–H groups in total. The van der Waals surface area contributed by atoms with Crippen molar-refractivity contribution in [1.82, 2.24) is 0 Å². The molecule has 0 aromatic rings. The monoisotopic (exact) mass is 160 g/mol. The maximum atomic E-state index is 5.42. The second kappa shape index (κ2) is 4.70. The van der Waals surface area contributed by atoms with Crippen LogP contribution in [0.25, 0.3) is 0 Å². The van der Waals surface area contributed by atoms with Crippen LogP contribution in [0.4, 0.5) is 0 Å². The van der Waals surface area contributed by atoms with Gasteiger partial charge in [0, 0.05) is 19.6 Å². The van der Waals surface area contributed by atoms with Gasteiger partial charge in [0.25, 0.3) is 0 Å². The Kier molecular flexibility index (Phi) is 3.83. The van der Waals surface area contributed by atoms with E-state index in [0.717, 1.165) is 19.6 Å². The molecule has 1 fully saturated rings. The van der Waals surface area contributed by atoms with E-state index in [4.69, 9.17) is 14.2 Å². The highest BCUT2D eigenvalue weighted by Gasteiger charge is 2.28. The zero-order chi connectivity index (χ0) is 8.10. The van der Waals surface area contributed by atoms with Crippen molar-refractivity contribution in [3.05, 3.63) is 0 Å². The fourth-order valence-electron chi connectivity index (χ4n) is 1.24. The minimum absolute atomic E-state index is 0.125. The molecule has 2 atom stereocenters. The molecule has 0 amide bonds. The molecular formula is C8H16O3. The molecule has 3 heteroatoms. The van der Waals surface area contributed by atoms with Crippen molar-refractivity contribution in [2.45, 2.75) is 32.7 Å². The largest absolute Gasteiger partial charge is 0.373 e. The van der Waals surface area contributed by atoms with Crippen molar-refractivity contribution in [2.75, 3.05) is 19.8 Å². The first-order chi connectivity index (χ1) is 5.38. The van der Waals surface area contributed by atoms with Gasteiger partial charge in [0.2, 0.25) is 0 Å². The summed E-state index contributed by atoms with van der Waals surface area (Å²) in [7, 11) is 0. The van der Waals surface area contributed by atoms with E-state index >= 15 is 0 Å². The molecule has 1 aliphatic rings. The third-order valence-corrected chi connectivity index (χ3v) is 1.70. The molecule has 1 heterocycles. The van der Waals surface area contributed by atoms with Crippen LogP contribution in [0.3, 0.4) is 0 Å². The number of hydrogen-bond donors (Lipinski definition) is 0. The summed E-state index contributed by atoms with van der Waals surface area (Å²) in [5.74, 6) is 0. The molecule has 1 saturated heterocycles. The lowest BCUT2D eigenvalue weighted by Crippen LogP contribution is -2.27. The normalized spacial score (nSPS) is 31.1. The predicted molar refractivity (Wildman–Crippen MR) is 41.4 cm³/mol. The van der Waals surface area contributed by atoms with E-state index < -0.39 is 0 Å². The molecule has 0 radical (unpaired) electrons. The highest BCUT2D eigenvalue weighted by Crippen LogP contribution is 2.17. The zero-order valence-electron chi connectivity index (χ0n) is 7.21. The summed E-state index contributed by atoms with van der Waals surface area (Å²) >= 11 is 0. The molecular weight excluding hydrogens is 144 g/mol. The van der Waals surface area contributed by atoms with E-state index in [-0.39, 0.29) is 12.4 Å². The van der Waals surface area contributed by atoms with Crippen LogP contribution in [0.1, 0.15) is 20.3 Å². The Labute approximate surface area is 67.6 Å². The van der Waals surface area contributed by atoms with Gasteiger partial charge in [-0.25, -0.2) is 0 Å². The van der Waals surface area contributed by atoms with Gasteiger partial charge in [0.05, 0.1) is 6.61 Å². The lowest BCUT2D eigenvalue weighted by molar-refractivity contribution is -0.159. The molecule has 0 saturated carbocycles. The average Bonchev–Trinajstić information content (AvgIpc) is 2.39. The topological polar surface area (TPSA) is 27.7 Å². The van der Waals surface area contributed by atoms with Crippen LogP contribution in [-0.2, 0) is 14.2 Å². The van der Waals surface area contributed by atoms with Gasteiger partial charge in [-0.2, -0.15) is 0 Å². The number of hydrogen-bond acceptors (Lipinski definition) is 3. The SMILES string of the molecule is CCO[C@H]1OCC[C@H]1OCC. The summed E-state index contributed by atoms with van der Waals surface area (Å²) in [4.78, 5) is 0. The molecule has 11 heavy (non-hydrogen) atoms. The second-order valence-electron chi connectivity index (χ2n) is 2.48. The molecule has 0 aliphatic carbocycles. The van der Waals surface area contributed by atoms with Crippen molar-refractivity contribution in [3.8, 4) is 0 Å². The smallest absolute Gasteiger partial charge is 0.183 e. The van der Waals surface area contributed by atoms with E-state index in [9.17, 15) is 0 Å². The fourth-order valence-corrected chi connectivity index (χ4v) is 1.24. The van der Waals surface area contributed by atoms with Crippen LogP contribution >= 0.6 is 0 Å². The van der Waals surface area contributed by atoms with Crippen molar-refractivity contribution in [3.63, 3.8) is 0 Å². The van der Waals surface area contributed by atoms with Crippen molar-refractivity contribution >= 4 is 0 Å². The summed E-state index contributed by atoms with van der Waals surface area (Å²) in [5.41, 5.74) is 0. The summed E-state index contributed by atoms with van der Waals surface area (Å²) < 4.78 is 16.0. The van der Waals surface area contributed by atoms with Crippen LogP contribution in [0.15, 0.2) is 0 Å². The first-order valence-corrected chi connectivity index (χ1v) is 4.23. The highest BCUT2D eigenvalue weighted by atomic mass is 16.7. The molecule has 0 bridgehead atoms. The Morgan fingerprint density at radius 3 is 2.64 bits per heavy atom. The standard InChI is InChI=1S/C8H16O3/c1-3-9-7-5-6-11-8(7)10-4-2/h7-8H,3-6H2,1-2H3/t7-,8+/m1/s1. The summed E-state index contributed by atoms with van der Waals surface area (Å²) in [6.45, 7) is 6.13. The van der Waals surface area contributed by atoms with Crippen LogP contribution in [0.2, 0.25) is 0 Å². The highest BCUT2D eigenvalue weighted by molar-refractivity contribution is 4.69. The lowest BCUT2D eigenvalue weighted by atomic mass is 10.3. The number of ether oxygens (including phenoxy) is 3. The fraction of sp³-hybridized carbons (Fsp3) is 1.00. The molecule has 1 rings (SSSR count). The molecule has 0 spiro atoms. The first kappa shape index (κ1) is 8.97. The van der Waals surface area contributed by atoms with Gasteiger partial charge < -0.3 is 14.2 Å². The third kappa shape index (κ3) is 2.43. The molecule has 66 valence electrons. The Hall–Kier alpha value is -0.120. The van der Waals surface area contributed by atoms with Crippen molar-refractivity contribution in [1.29, 1.82) is 0 Å². The maximum absolute atomic E-state index is 5.42. The van der Waals surface area contributed by atoms with Gasteiger partial charge in [-0.1, -0.05) is 0 Å². The Morgan fingerprint density at radius 2 is 2.00 bits per heavy atom. The van der Waals surface area contributed by atoms with E-state index in [2.05, 4.69) is 0 Å². The quantitative estimate of drug-likeness (QED) is 0.618. The van der Waals surface area contributed by atoms with E-state index in [1.165, 1.54) is 0 Å². The van der Waals surface area contributed by atoms with Crippen molar-refractivity contribution < 1.29 is 14.2 Å². The van der Waals surface area contributed by atoms with E-state index in [1.807, 2.05) is 13.8 Å². The Bertz CT molecular complexity index is 93.5. The molecule has 0 unspecified atom stereocenters. The predicted octanol–water partition coefficient (Wildman–Crippen LogP) is 1.17. The van der Waals surface area contributed by atoms with Gasteiger partial charge in [-0.15, -0.1) is 0 Å². The zero-order valence-corrected chi connectivity index (χ0v) is 7.21. The molecule has 1 aliphatic heterocycles. The van der Waals surface area contributed by atoms with Gasteiger partial charge in [0.15, 0.2) is 6.29 Å². The van der Waals surface area contributed by atoms with Gasteiger partial charge in [-0.3, -0.25) is 0 Å². The van der Waals surface area contributed by atoms with Gasteiger partial charge in [0.1, 0.15) is 6.10 Å². The van der Waals surface area contributed by atoms with E-state index in [0.29, 0.717) is 6.61 Å². The Balaban J connectivity index is 2.25. The van der Waals surface area contributed by atoms with E-state index in [1.54, 1.807) is 0 Å². The summed E-state index contributed by atoms with van der Waals surface area (Å²) in [5, 5.41) is 0. The molecule has 3 nitrogen and oxygen atoms in total. The molecule has 0 aromatic carbocycles. The third-order valence-electron chi connectivity index (χ3n) is 1.70. The van der Waals surface area contributed by atoms with Crippen molar-refractivity contribution in [2.24, 2.45) is 0 Å². The Morgan fingerprint density at radius 1 is 1.27 bits per heavy atom. The molecule has 0 aromatic heterocycles.